The van der Waals surface area contributed by atoms with Gasteiger partial charge >= 0.3 is 0 Å². The van der Waals surface area contributed by atoms with Crippen molar-refractivity contribution < 1.29 is 24.1 Å². The van der Waals surface area contributed by atoms with E-state index in [9.17, 15) is 29.3 Å². The SMILES string of the molecule is C[C@@H]1CC[C@H]2C(=O)N(N(CC(=O)c3ccc([N+](=O)[O-])cc3)C(=O)c3ccc(Cl)cc3Cl)C(=O)[C@H]2C1. The molecule has 2 aromatic carbocycles. The Kier molecular flexibility index (Phi) is 6.91. The van der Waals surface area contributed by atoms with Crippen LogP contribution in [0.25, 0.3) is 0 Å². The van der Waals surface area contributed by atoms with Gasteiger partial charge in [-0.3, -0.25) is 29.3 Å². The third-order valence-corrected chi connectivity index (χ3v) is 7.04. The van der Waals surface area contributed by atoms with E-state index in [0.717, 1.165) is 28.6 Å². The molecule has 0 unspecified atom stereocenters. The van der Waals surface area contributed by atoms with Crippen LogP contribution >= 0.6 is 23.2 Å². The lowest BCUT2D eigenvalue weighted by molar-refractivity contribution is -0.384. The van der Waals surface area contributed by atoms with E-state index in [-0.39, 0.29) is 32.8 Å². The zero-order valence-corrected chi connectivity index (χ0v) is 20.2. The smallest absolute Gasteiger partial charge is 0.274 e. The monoisotopic (exact) mass is 517 g/mol. The number of nitro benzene ring substituents is 1. The van der Waals surface area contributed by atoms with Gasteiger partial charge in [-0.1, -0.05) is 30.1 Å². The summed E-state index contributed by atoms with van der Waals surface area (Å²) in [5.41, 5.74) is -0.150. The molecule has 2 aliphatic rings. The molecule has 182 valence electrons. The minimum Gasteiger partial charge on any atom is -0.292 e. The van der Waals surface area contributed by atoms with E-state index in [1.807, 2.05) is 6.92 Å². The average molecular weight is 518 g/mol. The van der Waals surface area contributed by atoms with Gasteiger partial charge in [0.1, 0.15) is 6.54 Å². The van der Waals surface area contributed by atoms with Crippen LogP contribution in [-0.2, 0) is 9.59 Å². The highest BCUT2D eigenvalue weighted by Crippen LogP contribution is 2.41. The van der Waals surface area contributed by atoms with Gasteiger partial charge in [-0.15, -0.1) is 0 Å². The van der Waals surface area contributed by atoms with Crippen molar-refractivity contribution in [2.45, 2.75) is 26.2 Å². The second kappa shape index (κ2) is 9.75. The third kappa shape index (κ3) is 4.78. The van der Waals surface area contributed by atoms with Crippen LogP contribution < -0.4 is 0 Å². The number of hydrogen-bond acceptors (Lipinski definition) is 6. The number of non-ortho nitro benzene ring substituents is 1. The Labute approximate surface area is 210 Å². The Morgan fingerprint density at radius 3 is 2.34 bits per heavy atom. The maximum Gasteiger partial charge on any atom is 0.274 e. The maximum atomic E-state index is 13.5. The third-order valence-electron chi connectivity index (χ3n) is 6.50. The Morgan fingerprint density at radius 2 is 1.71 bits per heavy atom. The van der Waals surface area contributed by atoms with Crippen LogP contribution in [0, 0.1) is 27.9 Å². The summed E-state index contributed by atoms with van der Waals surface area (Å²) in [6, 6.07) is 8.99. The molecule has 1 aliphatic heterocycles. The van der Waals surface area contributed by atoms with Crippen molar-refractivity contribution in [1.29, 1.82) is 0 Å². The number of benzene rings is 2. The Morgan fingerprint density at radius 1 is 1.06 bits per heavy atom. The summed E-state index contributed by atoms with van der Waals surface area (Å²) < 4.78 is 0. The number of hydrazine groups is 1. The average Bonchev–Trinajstić information content (AvgIpc) is 3.06. The number of nitro groups is 1. The van der Waals surface area contributed by atoms with Crippen LogP contribution in [0.4, 0.5) is 5.69 Å². The molecule has 1 aliphatic carbocycles. The molecule has 3 amide bonds. The first-order valence-electron chi connectivity index (χ1n) is 11.0. The van der Waals surface area contributed by atoms with Crippen molar-refractivity contribution in [3.05, 3.63) is 73.8 Å². The Balaban J connectivity index is 1.70. The molecule has 0 aromatic heterocycles. The number of Topliss-reactive ketones (excluding diaryl/α,β-unsaturated/α-hetero) is 1. The molecule has 0 bridgehead atoms. The summed E-state index contributed by atoms with van der Waals surface area (Å²) in [6.07, 6.45) is 1.82. The van der Waals surface area contributed by atoms with Crippen LogP contribution in [0.3, 0.4) is 0 Å². The van der Waals surface area contributed by atoms with Crippen LogP contribution in [0.1, 0.15) is 46.9 Å². The van der Waals surface area contributed by atoms with Crippen molar-refractivity contribution in [3.8, 4) is 0 Å². The van der Waals surface area contributed by atoms with Crippen LogP contribution in [0.5, 0.6) is 0 Å². The van der Waals surface area contributed by atoms with Crippen molar-refractivity contribution in [3.63, 3.8) is 0 Å². The first kappa shape index (κ1) is 24.8. The molecule has 4 rings (SSSR count). The predicted octanol–water partition coefficient (Wildman–Crippen LogP) is 4.56. The highest BCUT2D eigenvalue weighted by atomic mass is 35.5. The van der Waals surface area contributed by atoms with Crippen molar-refractivity contribution >= 4 is 52.4 Å². The van der Waals surface area contributed by atoms with E-state index < -0.39 is 46.8 Å². The van der Waals surface area contributed by atoms with Gasteiger partial charge < -0.3 is 0 Å². The van der Waals surface area contributed by atoms with Crippen LogP contribution in [0.2, 0.25) is 10.0 Å². The van der Waals surface area contributed by atoms with Gasteiger partial charge in [0.2, 0.25) is 0 Å². The summed E-state index contributed by atoms with van der Waals surface area (Å²) in [5.74, 6) is -3.33. The molecule has 0 N–H and O–H groups in total. The minimum absolute atomic E-state index is 0.000387. The van der Waals surface area contributed by atoms with Crippen molar-refractivity contribution in [2.24, 2.45) is 17.8 Å². The molecule has 2 fully saturated rings. The quantitative estimate of drug-likeness (QED) is 0.240. The van der Waals surface area contributed by atoms with Gasteiger partial charge in [-0.2, -0.15) is 5.01 Å². The summed E-state index contributed by atoms with van der Waals surface area (Å²) in [7, 11) is 0. The van der Waals surface area contributed by atoms with E-state index in [2.05, 4.69) is 0 Å². The molecular formula is C24H21Cl2N3O6. The molecule has 1 heterocycles. The summed E-state index contributed by atoms with van der Waals surface area (Å²) in [5, 5.41) is 12.8. The number of fused-ring (bicyclic) bond motifs is 1. The van der Waals surface area contributed by atoms with Gasteiger partial charge in [-0.05, 0) is 55.5 Å². The van der Waals surface area contributed by atoms with Gasteiger partial charge in [-0.25, -0.2) is 5.01 Å². The lowest BCUT2D eigenvalue weighted by Gasteiger charge is -2.30. The highest BCUT2D eigenvalue weighted by molar-refractivity contribution is 6.36. The lowest BCUT2D eigenvalue weighted by Crippen LogP contribution is -2.52. The van der Waals surface area contributed by atoms with Crippen LogP contribution in [-0.4, -0.2) is 45.0 Å². The molecule has 1 saturated carbocycles. The molecule has 35 heavy (non-hydrogen) atoms. The van der Waals surface area contributed by atoms with E-state index in [1.54, 1.807) is 0 Å². The van der Waals surface area contributed by atoms with E-state index >= 15 is 0 Å². The second-order valence-electron chi connectivity index (χ2n) is 8.83. The number of nitrogens with zero attached hydrogens (tertiary/aromatic N) is 3. The molecule has 2 aromatic rings. The van der Waals surface area contributed by atoms with Gasteiger partial charge in [0.25, 0.3) is 23.4 Å². The molecule has 3 atom stereocenters. The Bertz CT molecular complexity index is 1230. The number of hydrogen-bond donors (Lipinski definition) is 0. The summed E-state index contributed by atoms with van der Waals surface area (Å²) >= 11 is 12.2. The Hall–Kier alpha value is -3.30. The standard InChI is InChI=1S/C24H21Cl2N3O6/c1-13-2-8-17-19(10-13)24(33)28(23(17)32)27(22(31)18-9-5-15(25)11-20(18)26)12-21(30)14-3-6-16(7-4-14)29(34)35/h3-7,9,11,13,17,19H,2,8,10,12H2,1H3/t13-,17-,19+/m1/s1. The zero-order valence-electron chi connectivity index (χ0n) is 18.6. The number of rotatable bonds is 6. The maximum absolute atomic E-state index is 13.5. The van der Waals surface area contributed by atoms with Gasteiger partial charge in [0.05, 0.1) is 27.3 Å². The fourth-order valence-corrected chi connectivity index (χ4v) is 5.13. The zero-order chi connectivity index (χ0) is 25.4. The second-order valence-corrected chi connectivity index (χ2v) is 9.68. The largest absolute Gasteiger partial charge is 0.292 e. The molecule has 0 radical (unpaired) electrons. The number of ketones is 1. The topological polar surface area (TPSA) is 118 Å². The minimum atomic E-state index is -0.810. The van der Waals surface area contributed by atoms with Crippen molar-refractivity contribution in [1.82, 2.24) is 10.0 Å². The highest BCUT2D eigenvalue weighted by Gasteiger charge is 2.53. The predicted molar refractivity (Wildman–Crippen MR) is 127 cm³/mol. The molecule has 0 spiro atoms. The normalized spacial score (nSPS) is 21.6. The number of carbonyl (C=O) groups is 4. The van der Waals surface area contributed by atoms with E-state index in [4.69, 9.17) is 23.2 Å². The molecule has 11 heteroatoms. The lowest BCUT2D eigenvalue weighted by atomic mass is 9.76. The number of halogens is 2. The van der Waals surface area contributed by atoms with Gasteiger partial charge in [0.15, 0.2) is 5.78 Å². The number of amides is 3. The fourth-order valence-electron chi connectivity index (χ4n) is 4.64. The van der Waals surface area contributed by atoms with E-state index in [1.165, 1.54) is 30.3 Å². The molecule has 9 nitrogen and oxygen atoms in total. The fraction of sp³-hybridized carbons (Fsp3) is 0.333. The molecule has 1 saturated heterocycles. The molecular weight excluding hydrogens is 497 g/mol. The summed E-state index contributed by atoms with van der Waals surface area (Å²) in [4.78, 5) is 63.5. The first-order valence-corrected chi connectivity index (χ1v) is 11.8. The van der Waals surface area contributed by atoms with E-state index in [0.29, 0.717) is 12.8 Å². The van der Waals surface area contributed by atoms with Crippen molar-refractivity contribution in [2.75, 3.05) is 6.54 Å². The van der Waals surface area contributed by atoms with Crippen LogP contribution in [0.15, 0.2) is 42.5 Å². The first-order chi connectivity index (χ1) is 16.6. The summed E-state index contributed by atoms with van der Waals surface area (Å²) in [6.45, 7) is 1.37. The number of imide groups is 1. The van der Waals surface area contributed by atoms with Gasteiger partial charge in [0, 0.05) is 22.7 Å². The number of carbonyl (C=O) groups excluding carboxylic acids is 4.